The second-order valence-electron chi connectivity index (χ2n) is 6.71. The Morgan fingerprint density at radius 1 is 1.15 bits per heavy atom. The fourth-order valence-electron chi connectivity index (χ4n) is 3.48. The molecule has 1 aromatic carbocycles. The minimum atomic E-state index is -0.0624. The summed E-state index contributed by atoms with van der Waals surface area (Å²) < 4.78 is 0. The molecule has 2 heterocycles. The van der Waals surface area contributed by atoms with Crippen LogP contribution in [0, 0.1) is 0 Å². The normalized spacial score (nSPS) is 13.6. The molecule has 0 spiro atoms. The zero-order valence-electron chi connectivity index (χ0n) is 16.0. The van der Waals surface area contributed by atoms with Crippen LogP contribution in [0.5, 0.6) is 0 Å². The molecule has 1 fully saturated rings. The molecule has 1 N–H and O–H groups in total. The molecule has 0 unspecified atom stereocenters. The minimum absolute atomic E-state index is 0.0243. The van der Waals surface area contributed by atoms with Crippen molar-refractivity contribution in [3.05, 3.63) is 46.2 Å². The van der Waals surface area contributed by atoms with Gasteiger partial charge in [0.1, 0.15) is 0 Å². The molecule has 2 aromatic rings. The van der Waals surface area contributed by atoms with E-state index in [1.54, 1.807) is 11.3 Å². The quantitative estimate of drug-likeness (QED) is 0.783. The van der Waals surface area contributed by atoms with Gasteiger partial charge >= 0.3 is 0 Å². The third-order valence-electron chi connectivity index (χ3n) is 4.92. The molecule has 1 aliphatic rings. The lowest BCUT2D eigenvalue weighted by molar-refractivity contribution is -0.115. The number of carbonyl (C=O) groups excluding carboxylic acids is 2. The Morgan fingerprint density at radius 2 is 1.89 bits per heavy atom. The van der Waals surface area contributed by atoms with Crippen LogP contribution in [0.15, 0.2) is 35.7 Å². The van der Waals surface area contributed by atoms with Gasteiger partial charge in [-0.2, -0.15) is 0 Å². The molecule has 0 bridgehead atoms. The molecule has 2 amide bonds. The standard InChI is InChI=1S/C21H27N3O2S/c1-3-23(4-2)21(26)18-14-16(9-10-19(18)24-11-5-6-12-24)22-20(25)15-17-8-7-13-27-17/h7-10,13-14H,3-6,11-12,15H2,1-2H3,(H,22,25). The van der Waals surface area contributed by atoms with Crippen molar-refractivity contribution in [3.8, 4) is 0 Å². The van der Waals surface area contributed by atoms with E-state index in [9.17, 15) is 9.59 Å². The lowest BCUT2D eigenvalue weighted by atomic mass is 10.1. The number of thiophene rings is 1. The molecule has 1 aromatic heterocycles. The number of benzene rings is 1. The summed E-state index contributed by atoms with van der Waals surface area (Å²) >= 11 is 1.57. The van der Waals surface area contributed by atoms with Gasteiger partial charge in [-0.25, -0.2) is 0 Å². The Labute approximate surface area is 165 Å². The van der Waals surface area contributed by atoms with Gasteiger partial charge in [-0.1, -0.05) is 6.07 Å². The van der Waals surface area contributed by atoms with Gasteiger partial charge in [0.05, 0.1) is 12.0 Å². The highest BCUT2D eigenvalue weighted by molar-refractivity contribution is 7.10. The molecule has 144 valence electrons. The van der Waals surface area contributed by atoms with E-state index < -0.39 is 0 Å². The van der Waals surface area contributed by atoms with Gasteiger partial charge < -0.3 is 15.1 Å². The third-order valence-corrected chi connectivity index (χ3v) is 5.80. The molecular formula is C21H27N3O2S. The average Bonchev–Trinajstić information content (AvgIpc) is 3.36. The highest BCUT2D eigenvalue weighted by atomic mass is 32.1. The van der Waals surface area contributed by atoms with Crippen molar-refractivity contribution in [1.29, 1.82) is 0 Å². The molecular weight excluding hydrogens is 358 g/mol. The van der Waals surface area contributed by atoms with Gasteiger partial charge in [-0.3, -0.25) is 9.59 Å². The number of amides is 2. The summed E-state index contributed by atoms with van der Waals surface area (Å²) in [4.78, 5) is 30.5. The Bertz CT molecular complexity index is 779. The summed E-state index contributed by atoms with van der Waals surface area (Å²) in [6.45, 7) is 7.27. The first-order chi connectivity index (χ1) is 13.1. The summed E-state index contributed by atoms with van der Waals surface area (Å²) in [6, 6.07) is 9.61. The number of carbonyl (C=O) groups is 2. The van der Waals surface area contributed by atoms with E-state index in [0.29, 0.717) is 30.8 Å². The molecule has 0 saturated carbocycles. The van der Waals surface area contributed by atoms with Crippen LogP contribution in [0.1, 0.15) is 41.9 Å². The topological polar surface area (TPSA) is 52.7 Å². The Balaban J connectivity index is 1.84. The molecule has 5 nitrogen and oxygen atoms in total. The van der Waals surface area contributed by atoms with Crippen LogP contribution >= 0.6 is 11.3 Å². The fraction of sp³-hybridized carbons (Fsp3) is 0.429. The molecule has 1 aliphatic heterocycles. The van der Waals surface area contributed by atoms with Crippen LogP contribution in [0.25, 0.3) is 0 Å². The predicted octanol–water partition coefficient (Wildman–Crippen LogP) is 4.01. The molecule has 1 saturated heterocycles. The van der Waals surface area contributed by atoms with Crippen LogP contribution in [0.4, 0.5) is 11.4 Å². The molecule has 0 aliphatic carbocycles. The van der Waals surface area contributed by atoms with E-state index in [-0.39, 0.29) is 11.8 Å². The summed E-state index contributed by atoms with van der Waals surface area (Å²) in [5, 5.41) is 4.91. The van der Waals surface area contributed by atoms with Crippen LogP contribution in [0.2, 0.25) is 0 Å². The number of nitrogens with zero attached hydrogens (tertiary/aromatic N) is 2. The van der Waals surface area contributed by atoms with E-state index in [4.69, 9.17) is 0 Å². The lowest BCUT2D eigenvalue weighted by Crippen LogP contribution is -2.32. The van der Waals surface area contributed by atoms with Crippen molar-refractivity contribution in [3.63, 3.8) is 0 Å². The zero-order chi connectivity index (χ0) is 19.2. The van der Waals surface area contributed by atoms with Crippen molar-refractivity contribution >= 4 is 34.5 Å². The first kappa shape index (κ1) is 19.4. The SMILES string of the molecule is CCN(CC)C(=O)c1cc(NC(=O)Cc2cccs2)ccc1N1CCCC1. The van der Waals surface area contributed by atoms with Crippen molar-refractivity contribution in [1.82, 2.24) is 4.90 Å². The van der Waals surface area contributed by atoms with Crippen molar-refractivity contribution in [2.45, 2.75) is 33.1 Å². The van der Waals surface area contributed by atoms with Gasteiger partial charge in [0.15, 0.2) is 0 Å². The largest absolute Gasteiger partial charge is 0.371 e. The lowest BCUT2D eigenvalue weighted by Gasteiger charge is -2.25. The van der Waals surface area contributed by atoms with Gasteiger partial charge in [-0.05, 0) is 56.3 Å². The molecule has 0 radical (unpaired) electrons. The third kappa shape index (κ3) is 4.69. The van der Waals surface area contributed by atoms with E-state index in [1.807, 2.05) is 54.5 Å². The van der Waals surface area contributed by atoms with Crippen molar-refractivity contribution < 1.29 is 9.59 Å². The molecule has 6 heteroatoms. The first-order valence-corrected chi connectivity index (χ1v) is 10.5. The number of hydrogen-bond donors (Lipinski definition) is 1. The second-order valence-corrected chi connectivity index (χ2v) is 7.74. The predicted molar refractivity (Wildman–Crippen MR) is 112 cm³/mol. The number of rotatable bonds is 7. The Hall–Kier alpha value is -2.34. The van der Waals surface area contributed by atoms with Crippen LogP contribution in [-0.2, 0) is 11.2 Å². The summed E-state index contributed by atoms with van der Waals surface area (Å²) in [5.74, 6) is -0.0381. The van der Waals surface area contributed by atoms with Gasteiger partial charge in [0, 0.05) is 42.4 Å². The minimum Gasteiger partial charge on any atom is -0.371 e. The second kappa shape index (κ2) is 9.04. The van der Waals surface area contributed by atoms with Crippen LogP contribution < -0.4 is 10.2 Å². The smallest absolute Gasteiger partial charge is 0.256 e. The van der Waals surface area contributed by atoms with E-state index in [0.717, 1.165) is 36.5 Å². The van der Waals surface area contributed by atoms with Crippen LogP contribution in [0.3, 0.4) is 0 Å². The maximum Gasteiger partial charge on any atom is 0.256 e. The van der Waals surface area contributed by atoms with Crippen LogP contribution in [-0.4, -0.2) is 42.9 Å². The summed E-state index contributed by atoms with van der Waals surface area (Å²) in [5.41, 5.74) is 2.32. The monoisotopic (exact) mass is 385 g/mol. The highest BCUT2D eigenvalue weighted by Crippen LogP contribution is 2.29. The molecule has 3 rings (SSSR count). The number of anilines is 2. The molecule has 27 heavy (non-hydrogen) atoms. The van der Waals surface area contributed by atoms with E-state index in [2.05, 4.69) is 10.2 Å². The van der Waals surface area contributed by atoms with Gasteiger partial charge in [0.25, 0.3) is 5.91 Å². The average molecular weight is 386 g/mol. The number of nitrogens with one attached hydrogen (secondary N) is 1. The van der Waals surface area contributed by atoms with Crippen molar-refractivity contribution in [2.75, 3.05) is 36.4 Å². The summed E-state index contributed by atoms with van der Waals surface area (Å²) in [7, 11) is 0. The van der Waals surface area contributed by atoms with Gasteiger partial charge in [0.2, 0.25) is 5.91 Å². The number of hydrogen-bond acceptors (Lipinski definition) is 4. The van der Waals surface area contributed by atoms with E-state index >= 15 is 0 Å². The Kier molecular flexibility index (Phi) is 6.50. The Morgan fingerprint density at radius 3 is 2.52 bits per heavy atom. The van der Waals surface area contributed by atoms with Crippen molar-refractivity contribution in [2.24, 2.45) is 0 Å². The fourth-order valence-corrected chi connectivity index (χ4v) is 4.18. The first-order valence-electron chi connectivity index (χ1n) is 9.62. The maximum atomic E-state index is 13.1. The van der Waals surface area contributed by atoms with E-state index in [1.165, 1.54) is 0 Å². The zero-order valence-corrected chi connectivity index (χ0v) is 16.8. The maximum absolute atomic E-state index is 13.1. The molecule has 0 atom stereocenters. The highest BCUT2D eigenvalue weighted by Gasteiger charge is 2.23. The summed E-state index contributed by atoms with van der Waals surface area (Å²) in [6.07, 6.45) is 2.65. The van der Waals surface area contributed by atoms with Gasteiger partial charge in [-0.15, -0.1) is 11.3 Å².